The van der Waals surface area contributed by atoms with Gasteiger partial charge in [0.25, 0.3) is 0 Å². The van der Waals surface area contributed by atoms with Gasteiger partial charge in [0.15, 0.2) is 0 Å². The number of hydrogen-bond donors (Lipinski definition) is 1. The van der Waals surface area contributed by atoms with E-state index in [4.69, 9.17) is 9.47 Å². The van der Waals surface area contributed by atoms with Crippen molar-refractivity contribution in [3.8, 4) is 11.5 Å². The van der Waals surface area contributed by atoms with Crippen LogP contribution in [0, 0.1) is 5.82 Å². The lowest BCUT2D eigenvalue weighted by Gasteiger charge is -2.14. The Kier molecular flexibility index (Phi) is 8.10. The van der Waals surface area contributed by atoms with Crippen molar-refractivity contribution in [1.29, 1.82) is 0 Å². The van der Waals surface area contributed by atoms with Gasteiger partial charge < -0.3 is 14.8 Å². The SMILES string of the molecule is CCCSc1c(OC)cc(/C=C2/C(C)=C(CC(=O)Nc3cccnc3)c3cc(F)ccc32)cc1OC. The standard InChI is InChI=1S/C29H29FN2O3S/c1-5-11-36-29-26(34-3)13-19(14-27(29)35-4)12-23-18(2)24(25-15-20(30)8-9-22(23)25)16-28(33)32-21-7-6-10-31-17-21/h6-10,12-15,17H,5,11,16H2,1-4H3,(H,32,33)/b23-12-. The molecule has 1 aliphatic rings. The van der Waals surface area contributed by atoms with Crippen LogP contribution in [0.1, 0.15) is 43.4 Å². The molecule has 1 N–H and O–H groups in total. The lowest BCUT2D eigenvalue weighted by atomic mass is 10.0. The number of nitrogens with zero attached hydrogens (tertiary/aromatic N) is 1. The molecule has 0 unspecified atom stereocenters. The van der Waals surface area contributed by atoms with Crippen molar-refractivity contribution in [3.05, 3.63) is 82.9 Å². The average Bonchev–Trinajstić information content (AvgIpc) is 3.12. The zero-order chi connectivity index (χ0) is 25.7. The number of aromatic nitrogens is 1. The van der Waals surface area contributed by atoms with Crippen LogP contribution in [-0.2, 0) is 4.79 Å². The number of anilines is 1. The molecule has 0 bridgehead atoms. The number of methoxy groups -OCH3 is 2. The van der Waals surface area contributed by atoms with Crippen LogP contribution < -0.4 is 14.8 Å². The number of nitrogens with one attached hydrogen (secondary N) is 1. The first-order valence-electron chi connectivity index (χ1n) is 11.8. The van der Waals surface area contributed by atoms with Gasteiger partial charge in [0.1, 0.15) is 17.3 Å². The second kappa shape index (κ2) is 11.4. The number of thioether (sulfide) groups is 1. The van der Waals surface area contributed by atoms with Gasteiger partial charge in [-0.3, -0.25) is 9.78 Å². The van der Waals surface area contributed by atoms with E-state index < -0.39 is 0 Å². The number of allylic oxidation sites excluding steroid dienone is 2. The zero-order valence-electron chi connectivity index (χ0n) is 20.9. The van der Waals surface area contributed by atoms with Crippen LogP contribution in [0.5, 0.6) is 11.5 Å². The van der Waals surface area contributed by atoms with E-state index in [-0.39, 0.29) is 18.1 Å². The molecule has 0 saturated carbocycles. The van der Waals surface area contributed by atoms with E-state index in [1.165, 1.54) is 12.1 Å². The summed E-state index contributed by atoms with van der Waals surface area (Å²) in [5, 5.41) is 2.87. The number of halogens is 1. The van der Waals surface area contributed by atoms with Crippen LogP contribution in [0.4, 0.5) is 10.1 Å². The summed E-state index contributed by atoms with van der Waals surface area (Å²) in [5.41, 5.74) is 5.80. The van der Waals surface area contributed by atoms with Gasteiger partial charge in [-0.2, -0.15) is 0 Å². The average molecular weight is 505 g/mol. The number of hydrogen-bond acceptors (Lipinski definition) is 5. The largest absolute Gasteiger partial charge is 0.495 e. The van der Waals surface area contributed by atoms with Crippen molar-refractivity contribution >= 4 is 40.6 Å². The molecule has 1 amide bonds. The minimum Gasteiger partial charge on any atom is -0.495 e. The number of pyridine rings is 1. The van der Waals surface area contributed by atoms with Gasteiger partial charge in [0, 0.05) is 6.20 Å². The summed E-state index contributed by atoms with van der Waals surface area (Å²) in [4.78, 5) is 17.8. The molecule has 5 nitrogen and oxygen atoms in total. The molecule has 36 heavy (non-hydrogen) atoms. The van der Waals surface area contributed by atoms with Gasteiger partial charge in [-0.25, -0.2) is 4.39 Å². The fourth-order valence-electron chi connectivity index (χ4n) is 4.28. The third-order valence-electron chi connectivity index (χ3n) is 5.98. The fourth-order valence-corrected chi connectivity index (χ4v) is 5.26. The van der Waals surface area contributed by atoms with E-state index in [0.717, 1.165) is 62.0 Å². The summed E-state index contributed by atoms with van der Waals surface area (Å²) >= 11 is 1.70. The molecule has 1 aliphatic carbocycles. The third kappa shape index (κ3) is 5.46. The highest BCUT2D eigenvalue weighted by atomic mass is 32.2. The molecular weight excluding hydrogens is 475 g/mol. The second-order valence-corrected chi connectivity index (χ2v) is 9.53. The number of amides is 1. The molecule has 1 aromatic heterocycles. The quantitative estimate of drug-likeness (QED) is 0.315. The van der Waals surface area contributed by atoms with Crippen molar-refractivity contribution < 1.29 is 18.7 Å². The fraction of sp³-hybridized carbons (Fsp3) is 0.241. The molecule has 3 aromatic rings. The number of carbonyl (C=O) groups excluding carboxylic acids is 1. The molecule has 2 aromatic carbocycles. The number of benzene rings is 2. The molecule has 1 heterocycles. The first-order chi connectivity index (χ1) is 17.4. The van der Waals surface area contributed by atoms with Gasteiger partial charge >= 0.3 is 0 Å². The van der Waals surface area contributed by atoms with Gasteiger partial charge in [-0.05, 0) is 95.0 Å². The van der Waals surface area contributed by atoms with Crippen LogP contribution in [-0.4, -0.2) is 30.9 Å². The molecule has 0 saturated heterocycles. The van der Waals surface area contributed by atoms with E-state index in [0.29, 0.717) is 5.69 Å². The molecule has 0 spiro atoms. The molecule has 186 valence electrons. The van der Waals surface area contributed by atoms with Gasteiger partial charge in [0.2, 0.25) is 5.91 Å². The summed E-state index contributed by atoms with van der Waals surface area (Å²) in [6.45, 7) is 4.10. The molecular formula is C29H29FN2O3S. The maximum Gasteiger partial charge on any atom is 0.228 e. The molecule has 7 heteroatoms. The summed E-state index contributed by atoms with van der Waals surface area (Å²) in [5.74, 6) is 1.92. The van der Waals surface area contributed by atoms with Gasteiger partial charge in [-0.1, -0.05) is 13.0 Å². The van der Waals surface area contributed by atoms with E-state index in [2.05, 4.69) is 17.2 Å². The van der Waals surface area contributed by atoms with Crippen molar-refractivity contribution in [3.63, 3.8) is 0 Å². The van der Waals surface area contributed by atoms with Crippen LogP contribution in [0.2, 0.25) is 0 Å². The second-order valence-electron chi connectivity index (χ2n) is 8.42. The number of ether oxygens (including phenoxy) is 2. The summed E-state index contributed by atoms with van der Waals surface area (Å²) in [6, 6.07) is 12.2. The van der Waals surface area contributed by atoms with Gasteiger partial charge in [0.05, 0.1) is 37.4 Å². The predicted molar refractivity (Wildman–Crippen MR) is 145 cm³/mol. The highest BCUT2D eigenvalue weighted by molar-refractivity contribution is 7.99. The van der Waals surface area contributed by atoms with E-state index >= 15 is 0 Å². The van der Waals surface area contributed by atoms with E-state index in [9.17, 15) is 9.18 Å². The van der Waals surface area contributed by atoms with Crippen molar-refractivity contribution in [2.24, 2.45) is 0 Å². The molecule has 0 atom stereocenters. The highest BCUT2D eigenvalue weighted by Crippen LogP contribution is 2.45. The summed E-state index contributed by atoms with van der Waals surface area (Å²) < 4.78 is 25.6. The third-order valence-corrected chi connectivity index (χ3v) is 7.28. The maximum absolute atomic E-state index is 14.3. The Morgan fingerprint density at radius 3 is 2.50 bits per heavy atom. The van der Waals surface area contributed by atoms with Crippen LogP contribution in [0.3, 0.4) is 0 Å². The molecule has 4 rings (SSSR count). The minimum atomic E-state index is -0.339. The summed E-state index contributed by atoms with van der Waals surface area (Å²) in [7, 11) is 3.30. The van der Waals surface area contributed by atoms with Crippen molar-refractivity contribution in [2.45, 2.75) is 31.6 Å². The Balaban J connectivity index is 1.73. The van der Waals surface area contributed by atoms with Crippen LogP contribution in [0.15, 0.2) is 65.3 Å². The lowest BCUT2D eigenvalue weighted by molar-refractivity contribution is -0.115. The number of rotatable bonds is 9. The topological polar surface area (TPSA) is 60.5 Å². The van der Waals surface area contributed by atoms with E-state index in [1.54, 1.807) is 56.6 Å². The normalized spacial score (nSPS) is 13.6. The Labute approximate surface area is 215 Å². The monoisotopic (exact) mass is 504 g/mol. The number of carbonyl (C=O) groups is 1. The van der Waals surface area contributed by atoms with Crippen LogP contribution in [0.25, 0.3) is 17.2 Å². The smallest absolute Gasteiger partial charge is 0.228 e. The first-order valence-corrected chi connectivity index (χ1v) is 12.7. The Morgan fingerprint density at radius 2 is 1.86 bits per heavy atom. The predicted octanol–water partition coefficient (Wildman–Crippen LogP) is 7.10. The van der Waals surface area contributed by atoms with E-state index in [1.807, 2.05) is 25.1 Å². The Morgan fingerprint density at radius 1 is 1.11 bits per heavy atom. The minimum absolute atomic E-state index is 0.119. The highest BCUT2D eigenvalue weighted by Gasteiger charge is 2.26. The number of fused-ring (bicyclic) bond motifs is 1. The molecule has 0 radical (unpaired) electrons. The molecule has 0 fully saturated rings. The van der Waals surface area contributed by atoms with Crippen molar-refractivity contribution in [1.82, 2.24) is 4.98 Å². The zero-order valence-corrected chi connectivity index (χ0v) is 21.7. The maximum atomic E-state index is 14.3. The Hall–Kier alpha value is -3.58. The van der Waals surface area contributed by atoms with Gasteiger partial charge in [-0.15, -0.1) is 11.8 Å². The summed E-state index contributed by atoms with van der Waals surface area (Å²) in [6.07, 6.45) is 6.44. The molecule has 0 aliphatic heterocycles. The Bertz CT molecular complexity index is 1310. The van der Waals surface area contributed by atoms with Crippen LogP contribution >= 0.6 is 11.8 Å². The first kappa shape index (κ1) is 25.5. The van der Waals surface area contributed by atoms with Crippen molar-refractivity contribution in [2.75, 3.05) is 25.3 Å². The lowest BCUT2D eigenvalue weighted by Crippen LogP contribution is -2.12.